The lowest BCUT2D eigenvalue weighted by Crippen LogP contribution is -2.64. The Morgan fingerprint density at radius 2 is 1.26 bits per heavy atom. The molecule has 12 atom stereocenters. The van der Waals surface area contributed by atoms with E-state index >= 15 is 37.5 Å². The maximum absolute atomic E-state index is 15.4. The van der Waals surface area contributed by atoms with Gasteiger partial charge in [0.05, 0.1) is 31.5 Å². The van der Waals surface area contributed by atoms with E-state index in [1.165, 1.54) is 80.0 Å². The molecule has 6 aliphatic rings. The standard InChI is InChI=1S/C72H112F8N12O13/c1-15-41(4)59-67(102)86(10)40-57(95)88(12)51-25-19-18-22-32-91(66(51)101)54(35-42-26-29-45(30-27-42)71(75,76)77)65(100)85(9)39-55(93)81-49(31-28-43-33-47(73)58(48(74)34-43)72(78,79)80)63(98)92-38-46(105-17-3)36-52(92)62(97)83-70(5,6)69(104)90(14)60(44-23-20-21-24-44)68(103)89(13)53(64(99)84(7)8)37-56(94)87(11)50(16-2)61(96)82-59/h18-19,41-54,58-60H,15-17,20-40H2,1-14H3,(H,81,93)(H,82,96)(H,83,97)/b19-18-/t41-,42?,43?,45?,46+,47?,48?,49-,50-,51-,52-,53-,54-,58?,59-,60-/m0/s1. The third-order valence-electron chi connectivity index (χ3n) is 22.6. The molecule has 5 fully saturated rings. The number of ether oxygens (including phenoxy) is 1. The summed E-state index contributed by atoms with van der Waals surface area (Å²) in [5, 5.41) is 8.13. The van der Waals surface area contributed by atoms with Gasteiger partial charge in [0.2, 0.25) is 70.9 Å². The van der Waals surface area contributed by atoms with E-state index in [4.69, 9.17) is 4.74 Å². The van der Waals surface area contributed by atoms with Crippen LogP contribution < -0.4 is 16.0 Å². The Balaban J connectivity index is 1.46. The van der Waals surface area contributed by atoms with E-state index in [1.54, 1.807) is 39.8 Å². The lowest BCUT2D eigenvalue weighted by Gasteiger charge is -2.41. The molecule has 6 rings (SSSR count). The zero-order valence-electron chi connectivity index (χ0n) is 63.3. The number of nitrogens with zero attached hydrogens (tertiary/aromatic N) is 9. The summed E-state index contributed by atoms with van der Waals surface area (Å²) >= 11 is 0. The molecule has 3 heterocycles. The van der Waals surface area contributed by atoms with Crippen LogP contribution >= 0.6 is 0 Å². The summed E-state index contributed by atoms with van der Waals surface area (Å²) in [6.07, 6.45) is -14.0. The number of fused-ring (bicyclic) bond motifs is 3. The van der Waals surface area contributed by atoms with Crippen LogP contribution in [0.4, 0.5) is 35.1 Å². The number of likely N-dealkylation sites (N-methyl/N-ethyl adjacent to an activating group) is 7. The fourth-order valence-corrected chi connectivity index (χ4v) is 16.1. The average Bonchev–Trinajstić information content (AvgIpc) is 1.79. The second-order valence-electron chi connectivity index (χ2n) is 30.6. The van der Waals surface area contributed by atoms with Crippen molar-refractivity contribution in [2.24, 2.45) is 35.5 Å². The molecule has 3 saturated carbocycles. The summed E-state index contributed by atoms with van der Waals surface area (Å²) in [6, 6.07) is -11.5. The van der Waals surface area contributed by atoms with Crippen molar-refractivity contribution in [2.45, 2.75) is 248 Å². The van der Waals surface area contributed by atoms with Crippen molar-refractivity contribution in [3.05, 3.63) is 12.2 Å². The van der Waals surface area contributed by atoms with Crippen molar-refractivity contribution in [1.82, 2.24) is 60.0 Å². The maximum Gasteiger partial charge on any atom is 0.397 e. The van der Waals surface area contributed by atoms with Crippen LogP contribution in [0, 0.1) is 35.5 Å². The van der Waals surface area contributed by atoms with Gasteiger partial charge in [-0.15, -0.1) is 0 Å². The second kappa shape index (κ2) is 37.1. The number of carbonyl (C=O) groups excluding carboxylic acids is 12. The highest BCUT2D eigenvalue weighted by Crippen LogP contribution is 2.45. The first-order valence-corrected chi connectivity index (χ1v) is 37.0. The highest BCUT2D eigenvalue weighted by atomic mass is 19.4. The Hall–Kier alpha value is -7.22. The largest absolute Gasteiger partial charge is 0.397 e. The predicted octanol–water partition coefficient (Wildman–Crippen LogP) is 5.57. The molecule has 33 heteroatoms. The van der Waals surface area contributed by atoms with Gasteiger partial charge in [-0.1, -0.05) is 52.2 Å². The number of nitrogens with one attached hydrogen (secondary N) is 3. The smallest absolute Gasteiger partial charge is 0.377 e. The van der Waals surface area contributed by atoms with Crippen LogP contribution in [0.25, 0.3) is 0 Å². The highest BCUT2D eigenvalue weighted by Gasteiger charge is 2.55. The van der Waals surface area contributed by atoms with Gasteiger partial charge in [0.25, 0.3) is 0 Å². The SMILES string of the molecule is CCO[C@@H]1C[C@H]2C(=O)NC(C)(C)C(=O)N(C)[C@@H](C3CCCC3)C(=O)N(C)[C@H](C(=O)N(C)C)CC(=O)N(C)[C@@H](CC)C(=O)N[C@@H]([C@@H](C)CC)C(=O)N(C)CC(=O)N(C)[C@H]3C/C=C\CCN(C3=O)[C@@H](CC3CCC(C(F)(F)F)CC3)C(=O)N(C)CC(=O)N[C@@H](CCC3CC(F)C(C(F)(F)F)C(F)C3)C(=O)N2C1. The zero-order chi connectivity index (χ0) is 78.7. The van der Waals surface area contributed by atoms with Gasteiger partial charge in [-0.05, 0) is 134 Å². The third kappa shape index (κ3) is 21.6. The minimum atomic E-state index is -5.22. The Bertz CT molecular complexity index is 3120. The van der Waals surface area contributed by atoms with E-state index in [-0.39, 0.29) is 83.9 Å². The number of hydrogen-bond donors (Lipinski definition) is 3. The van der Waals surface area contributed by atoms with E-state index in [0.29, 0.717) is 32.1 Å². The zero-order valence-corrected chi connectivity index (χ0v) is 63.3. The first-order valence-electron chi connectivity index (χ1n) is 37.0. The van der Waals surface area contributed by atoms with E-state index in [0.717, 1.165) is 34.3 Å². The van der Waals surface area contributed by atoms with E-state index in [1.807, 2.05) is 0 Å². The molecule has 0 aromatic rings. The van der Waals surface area contributed by atoms with Crippen LogP contribution in [-0.2, 0) is 62.3 Å². The van der Waals surface area contributed by atoms with E-state index in [9.17, 15) is 55.1 Å². The van der Waals surface area contributed by atoms with Crippen LogP contribution in [0.2, 0.25) is 0 Å². The summed E-state index contributed by atoms with van der Waals surface area (Å²) in [6.45, 7) is 7.49. The van der Waals surface area contributed by atoms with Gasteiger partial charge < -0.3 is 64.8 Å². The van der Waals surface area contributed by atoms with Gasteiger partial charge in [-0.25, -0.2) is 8.78 Å². The normalized spacial score (nSPS) is 32.0. The summed E-state index contributed by atoms with van der Waals surface area (Å²) in [4.78, 5) is 189. The Morgan fingerprint density at radius 1 is 0.648 bits per heavy atom. The molecule has 2 saturated heterocycles. The van der Waals surface area contributed by atoms with Crippen molar-refractivity contribution in [3.8, 4) is 0 Å². The molecular formula is C72H112F8N12O13. The number of carbonyl (C=O) groups is 12. The van der Waals surface area contributed by atoms with Gasteiger partial charge in [-0.3, -0.25) is 57.5 Å². The molecule has 3 aliphatic carbocycles. The number of hydrogen-bond acceptors (Lipinski definition) is 13. The van der Waals surface area contributed by atoms with Crippen molar-refractivity contribution in [3.63, 3.8) is 0 Å². The van der Waals surface area contributed by atoms with Crippen LogP contribution in [-0.4, -0.2) is 289 Å². The highest BCUT2D eigenvalue weighted by molar-refractivity contribution is 6.00. The first-order chi connectivity index (χ1) is 49.0. The Morgan fingerprint density at radius 3 is 1.82 bits per heavy atom. The van der Waals surface area contributed by atoms with E-state index in [2.05, 4.69) is 16.0 Å². The molecule has 0 spiro atoms. The van der Waals surface area contributed by atoms with Crippen molar-refractivity contribution >= 4 is 70.9 Å². The predicted molar refractivity (Wildman–Crippen MR) is 369 cm³/mol. The summed E-state index contributed by atoms with van der Waals surface area (Å²) < 4.78 is 121. The Labute approximate surface area is 611 Å². The first kappa shape index (κ1) is 86.7. The number of amides is 12. The molecule has 0 radical (unpaired) electrons. The van der Waals surface area contributed by atoms with Crippen molar-refractivity contribution in [1.29, 1.82) is 0 Å². The van der Waals surface area contributed by atoms with Gasteiger partial charge >= 0.3 is 12.4 Å². The summed E-state index contributed by atoms with van der Waals surface area (Å²) in [5.41, 5.74) is -1.91. The van der Waals surface area contributed by atoms with Crippen LogP contribution in [0.5, 0.6) is 0 Å². The van der Waals surface area contributed by atoms with Crippen molar-refractivity contribution < 1.29 is 97.4 Å². The molecule has 2 bridgehead atoms. The van der Waals surface area contributed by atoms with Crippen LogP contribution in [0.1, 0.15) is 164 Å². The van der Waals surface area contributed by atoms with E-state index < -0.39 is 230 Å². The molecule has 0 aromatic heterocycles. The fourth-order valence-electron chi connectivity index (χ4n) is 16.1. The minimum Gasteiger partial charge on any atom is -0.377 e. The molecule has 2 unspecified atom stereocenters. The molecule has 3 N–H and O–H groups in total. The van der Waals surface area contributed by atoms with Crippen LogP contribution in [0.3, 0.4) is 0 Å². The molecule has 0 aromatic carbocycles. The second-order valence-corrected chi connectivity index (χ2v) is 30.6. The number of halogens is 8. The maximum atomic E-state index is 15.4. The third-order valence-corrected chi connectivity index (χ3v) is 22.6. The fraction of sp³-hybridized carbons (Fsp3) is 0.806. The molecule has 25 nitrogen and oxygen atoms in total. The number of rotatable bonds is 12. The van der Waals surface area contributed by atoms with Gasteiger partial charge in [0, 0.05) is 82.5 Å². The van der Waals surface area contributed by atoms with Gasteiger partial charge in [-0.2, -0.15) is 26.3 Å². The average molecular weight is 1510 g/mol. The molecule has 3 aliphatic heterocycles. The number of alkyl halides is 8. The van der Waals surface area contributed by atoms with Crippen molar-refractivity contribution in [2.75, 3.05) is 89.2 Å². The molecule has 594 valence electrons. The topological polar surface area (TPSA) is 279 Å². The lowest BCUT2D eigenvalue weighted by molar-refractivity contribution is -0.219. The lowest BCUT2D eigenvalue weighted by atomic mass is 9.76. The molecular weight excluding hydrogens is 1390 g/mol. The summed E-state index contributed by atoms with van der Waals surface area (Å²) in [5.74, 6) is -17.2. The molecule has 12 amide bonds. The summed E-state index contributed by atoms with van der Waals surface area (Å²) in [7, 11) is 10.7. The van der Waals surface area contributed by atoms with Gasteiger partial charge in [0.15, 0.2) is 0 Å². The minimum absolute atomic E-state index is 0.00782. The monoisotopic (exact) mass is 1500 g/mol. The van der Waals surface area contributed by atoms with Crippen LogP contribution in [0.15, 0.2) is 12.2 Å². The quantitative estimate of drug-likeness (QED) is 0.159. The van der Waals surface area contributed by atoms with Gasteiger partial charge in [0.1, 0.15) is 72.1 Å². The molecule has 105 heavy (non-hydrogen) atoms. The Kier molecular flexibility index (Phi) is 30.6.